The van der Waals surface area contributed by atoms with E-state index < -0.39 is 0 Å². The van der Waals surface area contributed by atoms with Crippen LogP contribution in [0, 0.1) is 0 Å². The van der Waals surface area contributed by atoms with Gasteiger partial charge in [0.05, 0.1) is 18.8 Å². The van der Waals surface area contributed by atoms with E-state index in [1.165, 1.54) is 0 Å². The van der Waals surface area contributed by atoms with Crippen molar-refractivity contribution in [3.63, 3.8) is 0 Å². The fraction of sp³-hybridized carbons (Fsp3) is 0.294. The average Bonchev–Trinajstić information content (AvgIpc) is 2.62. The molecule has 0 saturated carbocycles. The van der Waals surface area contributed by atoms with Crippen LogP contribution in [0.4, 0.5) is 11.5 Å². The van der Waals surface area contributed by atoms with E-state index in [0.29, 0.717) is 18.8 Å². The number of rotatable bonds is 3. The minimum absolute atomic E-state index is 0.0548. The van der Waals surface area contributed by atoms with Crippen LogP contribution in [0.1, 0.15) is 10.4 Å². The minimum atomic E-state index is -0.0548. The molecule has 1 saturated heterocycles. The molecule has 2 aromatic rings. The number of nitrogens with zero attached hydrogens (tertiary/aromatic N) is 3. The maximum absolute atomic E-state index is 12.8. The number of carbonyl (C=O) groups excluding carboxylic acids is 1. The van der Waals surface area contributed by atoms with Crippen LogP contribution in [-0.4, -0.2) is 44.2 Å². The molecule has 3 rings (SSSR count). The molecular formula is C17H19N3O2. The number of morpholine rings is 1. The van der Waals surface area contributed by atoms with Crippen LogP contribution >= 0.6 is 0 Å². The molecule has 1 aliphatic rings. The second kappa shape index (κ2) is 6.58. The van der Waals surface area contributed by atoms with Crippen LogP contribution < -0.4 is 9.80 Å². The van der Waals surface area contributed by atoms with Gasteiger partial charge in [0.15, 0.2) is 0 Å². The van der Waals surface area contributed by atoms with Gasteiger partial charge in [0.2, 0.25) is 0 Å². The second-order valence-electron chi connectivity index (χ2n) is 5.17. The quantitative estimate of drug-likeness (QED) is 0.871. The maximum atomic E-state index is 12.8. The summed E-state index contributed by atoms with van der Waals surface area (Å²) in [6.07, 6.45) is 1.73. The molecule has 0 aliphatic carbocycles. The Hall–Kier alpha value is -2.40. The molecule has 0 atom stereocenters. The van der Waals surface area contributed by atoms with E-state index in [1.54, 1.807) is 24.2 Å². The molecule has 22 heavy (non-hydrogen) atoms. The monoisotopic (exact) mass is 297 g/mol. The first-order valence-electron chi connectivity index (χ1n) is 7.38. The molecule has 1 fully saturated rings. The van der Waals surface area contributed by atoms with Crippen LogP contribution in [0.5, 0.6) is 0 Å². The van der Waals surface area contributed by atoms with Crippen LogP contribution in [0.15, 0.2) is 48.7 Å². The molecule has 5 heteroatoms. The van der Waals surface area contributed by atoms with E-state index in [4.69, 9.17) is 4.74 Å². The van der Waals surface area contributed by atoms with Crippen molar-refractivity contribution >= 4 is 17.4 Å². The molecule has 0 bridgehead atoms. The van der Waals surface area contributed by atoms with Gasteiger partial charge in [-0.05, 0) is 24.3 Å². The lowest BCUT2D eigenvalue weighted by molar-refractivity contribution is 0.0990. The number of ether oxygens (including phenoxy) is 1. The van der Waals surface area contributed by atoms with Gasteiger partial charge in [0.25, 0.3) is 5.91 Å². The highest BCUT2D eigenvalue weighted by atomic mass is 16.5. The number of hydrogen-bond donors (Lipinski definition) is 0. The number of amides is 1. The SMILES string of the molecule is CN(C(=O)c1cccnc1N1CCOCC1)c1ccccc1. The summed E-state index contributed by atoms with van der Waals surface area (Å²) in [4.78, 5) is 21.0. The fourth-order valence-corrected chi connectivity index (χ4v) is 2.54. The summed E-state index contributed by atoms with van der Waals surface area (Å²) in [5, 5.41) is 0. The van der Waals surface area contributed by atoms with E-state index in [2.05, 4.69) is 9.88 Å². The van der Waals surface area contributed by atoms with Gasteiger partial charge in [-0.1, -0.05) is 18.2 Å². The summed E-state index contributed by atoms with van der Waals surface area (Å²) in [7, 11) is 1.79. The molecule has 1 aromatic carbocycles. The zero-order valence-corrected chi connectivity index (χ0v) is 12.6. The Morgan fingerprint density at radius 3 is 2.59 bits per heavy atom. The fourth-order valence-electron chi connectivity index (χ4n) is 2.54. The van der Waals surface area contributed by atoms with Gasteiger partial charge in [-0.25, -0.2) is 4.98 Å². The van der Waals surface area contributed by atoms with Crippen molar-refractivity contribution in [3.05, 3.63) is 54.2 Å². The van der Waals surface area contributed by atoms with Crippen molar-refractivity contribution in [2.45, 2.75) is 0 Å². The van der Waals surface area contributed by atoms with E-state index in [1.807, 2.05) is 36.4 Å². The lowest BCUT2D eigenvalue weighted by atomic mass is 10.2. The highest BCUT2D eigenvalue weighted by Crippen LogP contribution is 2.22. The minimum Gasteiger partial charge on any atom is -0.378 e. The summed E-state index contributed by atoms with van der Waals surface area (Å²) in [6.45, 7) is 2.84. The number of para-hydroxylation sites is 1. The molecule has 1 amide bonds. The third kappa shape index (κ3) is 2.94. The Bertz CT molecular complexity index is 639. The molecule has 2 heterocycles. The van der Waals surface area contributed by atoms with Gasteiger partial charge in [-0.15, -0.1) is 0 Å². The number of hydrogen-bond acceptors (Lipinski definition) is 4. The molecular weight excluding hydrogens is 278 g/mol. The Morgan fingerprint density at radius 2 is 1.86 bits per heavy atom. The summed E-state index contributed by atoms with van der Waals surface area (Å²) < 4.78 is 5.37. The Morgan fingerprint density at radius 1 is 1.14 bits per heavy atom. The summed E-state index contributed by atoms with van der Waals surface area (Å²) in [6, 6.07) is 13.3. The highest BCUT2D eigenvalue weighted by molar-refractivity contribution is 6.08. The van der Waals surface area contributed by atoms with Crippen molar-refractivity contribution in [2.75, 3.05) is 43.2 Å². The number of aromatic nitrogens is 1. The highest BCUT2D eigenvalue weighted by Gasteiger charge is 2.22. The van der Waals surface area contributed by atoms with E-state index in [9.17, 15) is 4.79 Å². The zero-order valence-electron chi connectivity index (χ0n) is 12.6. The molecule has 114 valence electrons. The number of pyridine rings is 1. The normalized spacial score (nSPS) is 14.7. The smallest absolute Gasteiger partial charge is 0.261 e. The van der Waals surface area contributed by atoms with Crippen molar-refractivity contribution < 1.29 is 9.53 Å². The largest absolute Gasteiger partial charge is 0.378 e. The van der Waals surface area contributed by atoms with Crippen LogP contribution in [0.25, 0.3) is 0 Å². The van der Waals surface area contributed by atoms with Crippen molar-refractivity contribution in [3.8, 4) is 0 Å². The van der Waals surface area contributed by atoms with Gasteiger partial charge >= 0.3 is 0 Å². The predicted octanol–water partition coefficient (Wildman–Crippen LogP) is 2.19. The van der Waals surface area contributed by atoms with Crippen LogP contribution in [-0.2, 0) is 4.74 Å². The predicted molar refractivity (Wildman–Crippen MR) is 86.4 cm³/mol. The van der Waals surface area contributed by atoms with Gasteiger partial charge in [0, 0.05) is 32.0 Å². The van der Waals surface area contributed by atoms with Crippen molar-refractivity contribution in [1.29, 1.82) is 0 Å². The van der Waals surface area contributed by atoms with E-state index >= 15 is 0 Å². The first-order valence-corrected chi connectivity index (χ1v) is 7.38. The molecule has 5 nitrogen and oxygen atoms in total. The number of anilines is 2. The van der Waals surface area contributed by atoms with E-state index in [-0.39, 0.29) is 5.91 Å². The number of carbonyl (C=O) groups is 1. The number of benzene rings is 1. The molecule has 1 aromatic heterocycles. The topological polar surface area (TPSA) is 45.7 Å². The second-order valence-corrected chi connectivity index (χ2v) is 5.17. The zero-order chi connectivity index (χ0) is 15.4. The Labute approximate surface area is 130 Å². The molecule has 0 unspecified atom stereocenters. The molecule has 1 aliphatic heterocycles. The maximum Gasteiger partial charge on any atom is 0.261 e. The first-order chi connectivity index (χ1) is 10.8. The van der Waals surface area contributed by atoms with Gasteiger partial charge in [0.1, 0.15) is 5.82 Å². The van der Waals surface area contributed by atoms with E-state index in [0.717, 1.165) is 24.6 Å². The van der Waals surface area contributed by atoms with Crippen LogP contribution in [0.2, 0.25) is 0 Å². The third-order valence-electron chi connectivity index (χ3n) is 3.78. The molecule has 0 N–H and O–H groups in total. The first kappa shape index (κ1) is 14.5. The summed E-state index contributed by atoms with van der Waals surface area (Å²) >= 11 is 0. The standard InChI is InChI=1S/C17H19N3O2/c1-19(14-6-3-2-4-7-14)17(21)15-8-5-9-18-16(15)20-10-12-22-13-11-20/h2-9H,10-13H2,1H3. The lowest BCUT2D eigenvalue weighted by Gasteiger charge is -2.29. The van der Waals surface area contributed by atoms with Crippen molar-refractivity contribution in [2.24, 2.45) is 0 Å². The lowest BCUT2D eigenvalue weighted by Crippen LogP contribution is -2.38. The Kier molecular flexibility index (Phi) is 4.34. The molecule has 0 radical (unpaired) electrons. The van der Waals surface area contributed by atoms with Crippen LogP contribution in [0.3, 0.4) is 0 Å². The van der Waals surface area contributed by atoms with Gasteiger partial charge in [-0.2, -0.15) is 0 Å². The van der Waals surface area contributed by atoms with Gasteiger partial charge < -0.3 is 14.5 Å². The average molecular weight is 297 g/mol. The van der Waals surface area contributed by atoms with Gasteiger partial charge in [-0.3, -0.25) is 4.79 Å². The van der Waals surface area contributed by atoms with Crippen molar-refractivity contribution in [1.82, 2.24) is 4.98 Å². The molecule has 0 spiro atoms. The summed E-state index contributed by atoms with van der Waals surface area (Å²) in [5.74, 6) is 0.680. The third-order valence-corrected chi connectivity index (χ3v) is 3.78. The summed E-state index contributed by atoms with van der Waals surface area (Å²) in [5.41, 5.74) is 1.49. The Balaban J connectivity index is 1.89.